The van der Waals surface area contributed by atoms with Gasteiger partial charge in [0.25, 0.3) is 5.91 Å². The van der Waals surface area contributed by atoms with Gasteiger partial charge in [-0.15, -0.1) is 0 Å². The predicted molar refractivity (Wildman–Crippen MR) is 65.0 cm³/mol. The maximum atomic E-state index is 12.1. The molecule has 0 radical (unpaired) electrons. The van der Waals surface area contributed by atoms with Crippen molar-refractivity contribution in [1.82, 2.24) is 5.16 Å². The number of amides is 1. The predicted octanol–water partition coefficient (Wildman–Crippen LogP) is 2.80. The van der Waals surface area contributed by atoms with Crippen LogP contribution in [0, 0.1) is 6.92 Å². The molecule has 1 amide bonds. The quantitative estimate of drug-likeness (QED) is 0.882. The number of aromatic nitrogens is 1. The van der Waals surface area contributed by atoms with Crippen LogP contribution in [0.1, 0.15) is 28.7 Å². The Morgan fingerprint density at radius 2 is 2.06 bits per heavy atom. The minimum Gasteiger partial charge on any atom is -0.360 e. The number of anilines is 1. The lowest BCUT2D eigenvalue weighted by atomic mass is 10.1. The molecular weight excluding hydrogens is 216 g/mol. The summed E-state index contributed by atoms with van der Waals surface area (Å²) < 4.78 is 5.09. The summed E-state index contributed by atoms with van der Waals surface area (Å²) in [6.07, 6.45) is 0.651. The van der Waals surface area contributed by atoms with Gasteiger partial charge in [-0.05, 0) is 19.1 Å². The maximum Gasteiger partial charge on any atom is 0.261 e. The first kappa shape index (κ1) is 11.4. The number of aryl methyl sites for hydroxylation is 2. The fourth-order valence-corrected chi connectivity index (χ4v) is 1.66. The number of nitrogens with zero attached hydrogens (tertiary/aromatic N) is 1. The summed E-state index contributed by atoms with van der Waals surface area (Å²) in [7, 11) is 0. The van der Waals surface area contributed by atoms with Gasteiger partial charge in [0, 0.05) is 12.1 Å². The fraction of sp³-hybridized carbons (Fsp3) is 0.231. The summed E-state index contributed by atoms with van der Waals surface area (Å²) in [6, 6.07) is 9.32. The SMILES string of the molecule is CCc1onc(C)c1C(=O)Nc1ccccc1. The molecular formula is C13H14N2O2. The van der Waals surface area contributed by atoms with Crippen LogP contribution in [0.15, 0.2) is 34.9 Å². The number of nitrogens with one attached hydrogen (secondary N) is 1. The topological polar surface area (TPSA) is 55.1 Å². The fourth-order valence-electron chi connectivity index (χ4n) is 1.66. The van der Waals surface area contributed by atoms with Crippen LogP contribution in [-0.2, 0) is 6.42 Å². The molecule has 1 heterocycles. The Hall–Kier alpha value is -2.10. The summed E-state index contributed by atoms with van der Waals surface area (Å²) in [4.78, 5) is 12.1. The van der Waals surface area contributed by atoms with E-state index in [-0.39, 0.29) is 5.91 Å². The number of carbonyl (C=O) groups is 1. The zero-order chi connectivity index (χ0) is 12.3. The number of benzene rings is 1. The Balaban J connectivity index is 2.23. The Kier molecular flexibility index (Phi) is 3.23. The standard InChI is InChI=1S/C13H14N2O2/c1-3-11-12(9(2)15-17-11)13(16)14-10-7-5-4-6-8-10/h4-8H,3H2,1-2H3,(H,14,16). The molecule has 0 aliphatic carbocycles. The van der Waals surface area contributed by atoms with Crippen LogP contribution in [0.4, 0.5) is 5.69 Å². The van der Waals surface area contributed by atoms with Gasteiger partial charge in [0.1, 0.15) is 11.3 Å². The lowest BCUT2D eigenvalue weighted by Gasteiger charge is -2.04. The molecule has 2 rings (SSSR count). The Labute approximate surface area is 99.6 Å². The van der Waals surface area contributed by atoms with E-state index in [0.717, 1.165) is 5.69 Å². The third-order valence-electron chi connectivity index (χ3n) is 2.51. The Morgan fingerprint density at radius 3 is 2.71 bits per heavy atom. The molecule has 0 unspecified atom stereocenters. The van der Waals surface area contributed by atoms with Crippen LogP contribution in [0.2, 0.25) is 0 Å². The van der Waals surface area contributed by atoms with E-state index in [4.69, 9.17) is 4.52 Å². The first-order valence-electron chi connectivity index (χ1n) is 5.54. The van der Waals surface area contributed by atoms with E-state index in [0.29, 0.717) is 23.4 Å². The molecule has 1 N–H and O–H groups in total. The van der Waals surface area contributed by atoms with Crippen LogP contribution >= 0.6 is 0 Å². The number of carbonyl (C=O) groups excluding carboxylic acids is 1. The van der Waals surface area contributed by atoms with E-state index in [9.17, 15) is 4.79 Å². The van der Waals surface area contributed by atoms with Gasteiger partial charge < -0.3 is 9.84 Å². The van der Waals surface area contributed by atoms with Gasteiger partial charge in [-0.2, -0.15) is 0 Å². The molecule has 0 fully saturated rings. The van der Waals surface area contributed by atoms with E-state index in [1.807, 2.05) is 37.3 Å². The third-order valence-corrected chi connectivity index (χ3v) is 2.51. The van der Waals surface area contributed by atoms with Gasteiger partial charge >= 0.3 is 0 Å². The molecule has 1 aromatic heterocycles. The highest BCUT2D eigenvalue weighted by Gasteiger charge is 2.18. The Morgan fingerprint density at radius 1 is 1.35 bits per heavy atom. The average Bonchev–Trinajstić information content (AvgIpc) is 2.71. The minimum atomic E-state index is -0.174. The molecule has 0 bridgehead atoms. The maximum absolute atomic E-state index is 12.1. The van der Waals surface area contributed by atoms with E-state index in [2.05, 4.69) is 10.5 Å². The third kappa shape index (κ3) is 2.36. The van der Waals surface area contributed by atoms with Crippen molar-refractivity contribution in [2.24, 2.45) is 0 Å². The average molecular weight is 230 g/mol. The lowest BCUT2D eigenvalue weighted by Crippen LogP contribution is -2.14. The van der Waals surface area contributed by atoms with Crippen LogP contribution < -0.4 is 5.32 Å². The van der Waals surface area contributed by atoms with Crippen LogP contribution in [0.3, 0.4) is 0 Å². The van der Waals surface area contributed by atoms with Crippen molar-refractivity contribution in [2.45, 2.75) is 20.3 Å². The van der Waals surface area contributed by atoms with Crippen molar-refractivity contribution < 1.29 is 9.32 Å². The highest BCUT2D eigenvalue weighted by Crippen LogP contribution is 2.16. The van der Waals surface area contributed by atoms with Crippen LogP contribution in [-0.4, -0.2) is 11.1 Å². The molecule has 1 aromatic carbocycles. The molecule has 17 heavy (non-hydrogen) atoms. The van der Waals surface area contributed by atoms with Crippen LogP contribution in [0.25, 0.3) is 0 Å². The highest BCUT2D eigenvalue weighted by molar-refractivity contribution is 6.05. The summed E-state index contributed by atoms with van der Waals surface area (Å²) >= 11 is 0. The normalized spacial score (nSPS) is 10.2. The second kappa shape index (κ2) is 4.82. The summed E-state index contributed by atoms with van der Waals surface area (Å²) in [5, 5.41) is 6.64. The summed E-state index contributed by atoms with van der Waals surface area (Å²) in [5.41, 5.74) is 1.92. The lowest BCUT2D eigenvalue weighted by molar-refractivity contribution is 0.102. The van der Waals surface area contributed by atoms with Gasteiger partial charge in [0.05, 0.1) is 5.69 Å². The van der Waals surface area contributed by atoms with Gasteiger partial charge in [0.2, 0.25) is 0 Å². The second-order valence-corrected chi connectivity index (χ2v) is 3.74. The van der Waals surface area contributed by atoms with Gasteiger partial charge in [-0.1, -0.05) is 30.3 Å². The minimum absolute atomic E-state index is 0.174. The molecule has 0 saturated carbocycles. The summed E-state index contributed by atoms with van der Waals surface area (Å²) in [5.74, 6) is 0.447. The second-order valence-electron chi connectivity index (χ2n) is 3.74. The smallest absolute Gasteiger partial charge is 0.261 e. The first-order valence-corrected chi connectivity index (χ1v) is 5.54. The summed E-state index contributed by atoms with van der Waals surface area (Å²) in [6.45, 7) is 3.70. The van der Waals surface area contributed by atoms with Crippen molar-refractivity contribution in [2.75, 3.05) is 5.32 Å². The molecule has 88 valence electrons. The molecule has 0 saturated heterocycles. The van der Waals surface area contributed by atoms with Crippen LogP contribution in [0.5, 0.6) is 0 Å². The largest absolute Gasteiger partial charge is 0.360 e. The molecule has 4 nitrogen and oxygen atoms in total. The molecule has 4 heteroatoms. The number of rotatable bonds is 3. The van der Waals surface area contributed by atoms with Crippen molar-refractivity contribution in [1.29, 1.82) is 0 Å². The first-order chi connectivity index (χ1) is 8.22. The van der Waals surface area contributed by atoms with Crippen molar-refractivity contribution in [3.05, 3.63) is 47.3 Å². The van der Waals surface area contributed by atoms with Gasteiger partial charge in [0.15, 0.2) is 0 Å². The highest BCUT2D eigenvalue weighted by atomic mass is 16.5. The molecule has 2 aromatic rings. The monoisotopic (exact) mass is 230 g/mol. The Bertz CT molecular complexity index is 517. The van der Waals surface area contributed by atoms with E-state index >= 15 is 0 Å². The van der Waals surface area contributed by atoms with Crippen molar-refractivity contribution in [3.63, 3.8) is 0 Å². The molecule has 0 aliphatic heterocycles. The van der Waals surface area contributed by atoms with Crippen molar-refractivity contribution in [3.8, 4) is 0 Å². The van der Waals surface area contributed by atoms with E-state index in [1.54, 1.807) is 6.92 Å². The number of para-hydroxylation sites is 1. The van der Waals surface area contributed by atoms with Gasteiger partial charge in [-0.25, -0.2) is 0 Å². The molecule has 0 atom stereocenters. The van der Waals surface area contributed by atoms with Gasteiger partial charge in [-0.3, -0.25) is 4.79 Å². The molecule has 0 spiro atoms. The number of hydrogen-bond acceptors (Lipinski definition) is 3. The zero-order valence-corrected chi connectivity index (χ0v) is 9.86. The number of hydrogen-bond donors (Lipinski definition) is 1. The van der Waals surface area contributed by atoms with E-state index < -0.39 is 0 Å². The molecule has 0 aliphatic rings. The zero-order valence-electron chi connectivity index (χ0n) is 9.86. The van der Waals surface area contributed by atoms with E-state index in [1.165, 1.54) is 0 Å². The van der Waals surface area contributed by atoms with Crippen molar-refractivity contribution >= 4 is 11.6 Å².